The smallest absolute Gasteiger partial charge is 0.231 e. The monoisotopic (exact) mass is 179 g/mol. The molecule has 3 heteroatoms. The van der Waals surface area contributed by atoms with E-state index in [-0.39, 0.29) is 17.6 Å². The van der Waals surface area contributed by atoms with Crippen molar-refractivity contribution in [1.29, 1.82) is 0 Å². The summed E-state index contributed by atoms with van der Waals surface area (Å²) in [6.07, 6.45) is 1.44. The van der Waals surface area contributed by atoms with E-state index in [2.05, 4.69) is 5.32 Å². The highest BCUT2D eigenvalue weighted by atomic mass is 16.2. The van der Waals surface area contributed by atoms with Gasteiger partial charge in [0.1, 0.15) is 0 Å². The van der Waals surface area contributed by atoms with Gasteiger partial charge in [0.15, 0.2) is 5.78 Å². The van der Waals surface area contributed by atoms with Gasteiger partial charge in [-0.25, -0.2) is 0 Å². The van der Waals surface area contributed by atoms with Crippen molar-refractivity contribution in [1.82, 2.24) is 5.32 Å². The molecule has 1 aliphatic heterocycles. The van der Waals surface area contributed by atoms with Crippen LogP contribution in [-0.4, -0.2) is 11.7 Å². The fourth-order valence-electron chi connectivity index (χ4n) is 2.13. The first kappa shape index (κ1) is 8.48. The molecule has 2 unspecified atom stereocenters. The number of amides is 1. The van der Waals surface area contributed by atoms with E-state index in [1.54, 1.807) is 6.92 Å². The Kier molecular flexibility index (Phi) is 1.75. The lowest BCUT2D eigenvalue weighted by Gasteiger charge is -2.19. The Hall–Kier alpha value is -1.12. The Morgan fingerprint density at radius 3 is 2.62 bits per heavy atom. The molecular formula is C10H13NO2. The van der Waals surface area contributed by atoms with Gasteiger partial charge in [-0.15, -0.1) is 0 Å². The number of hydrogen-bond donors (Lipinski definition) is 1. The molecule has 0 bridgehead atoms. The summed E-state index contributed by atoms with van der Waals surface area (Å²) in [7, 11) is 0. The van der Waals surface area contributed by atoms with Crippen molar-refractivity contribution in [3.05, 3.63) is 11.3 Å². The maximum atomic E-state index is 11.6. The molecule has 0 aromatic heterocycles. The molecule has 70 valence electrons. The van der Waals surface area contributed by atoms with Crippen LogP contribution in [0.15, 0.2) is 11.3 Å². The Bertz CT molecular complexity index is 317. The third-order valence-corrected chi connectivity index (χ3v) is 2.81. The van der Waals surface area contributed by atoms with Crippen LogP contribution in [0, 0.1) is 11.8 Å². The topological polar surface area (TPSA) is 46.2 Å². The van der Waals surface area contributed by atoms with Gasteiger partial charge in [-0.2, -0.15) is 0 Å². The molecule has 2 atom stereocenters. The minimum atomic E-state index is -0.227. The normalized spacial score (nSPS) is 33.4. The molecule has 1 N–H and O–H groups in total. The van der Waals surface area contributed by atoms with E-state index in [1.165, 1.54) is 0 Å². The zero-order valence-electron chi connectivity index (χ0n) is 7.89. The average molecular weight is 179 g/mol. The summed E-state index contributed by atoms with van der Waals surface area (Å²) in [6.45, 7) is 3.84. The molecule has 0 aromatic carbocycles. The van der Waals surface area contributed by atoms with Crippen molar-refractivity contribution in [2.75, 3.05) is 0 Å². The number of Topliss-reactive ketones (excluding diaryl/α,β-unsaturated/α-hetero) is 1. The molecule has 0 radical (unpaired) electrons. The zero-order chi connectivity index (χ0) is 9.59. The second-order valence-corrected chi connectivity index (χ2v) is 4.04. The molecule has 3 nitrogen and oxygen atoms in total. The highest BCUT2D eigenvalue weighted by molar-refractivity contribution is 6.06. The van der Waals surface area contributed by atoms with Crippen LogP contribution in [0.2, 0.25) is 0 Å². The summed E-state index contributed by atoms with van der Waals surface area (Å²) < 4.78 is 0. The number of carbonyl (C=O) groups is 2. The molecule has 0 saturated heterocycles. The standard InChI is InChI=1S/C10H13NO2/c1-5-3-7-9(8(12)4-5)6(2)10(13)11-7/h5-6H,3-4H2,1-2H3,(H,11,13). The van der Waals surface area contributed by atoms with Crippen molar-refractivity contribution in [3.63, 3.8) is 0 Å². The lowest BCUT2D eigenvalue weighted by molar-refractivity contribution is -0.123. The van der Waals surface area contributed by atoms with Crippen molar-refractivity contribution in [2.24, 2.45) is 11.8 Å². The van der Waals surface area contributed by atoms with Crippen molar-refractivity contribution in [3.8, 4) is 0 Å². The van der Waals surface area contributed by atoms with Crippen molar-refractivity contribution >= 4 is 11.7 Å². The van der Waals surface area contributed by atoms with E-state index >= 15 is 0 Å². The molecule has 0 aromatic rings. The van der Waals surface area contributed by atoms with Crippen LogP contribution in [0.25, 0.3) is 0 Å². The highest BCUT2D eigenvalue weighted by Gasteiger charge is 2.37. The minimum Gasteiger partial charge on any atom is -0.329 e. The van der Waals surface area contributed by atoms with Crippen LogP contribution in [0.1, 0.15) is 26.7 Å². The third kappa shape index (κ3) is 1.19. The van der Waals surface area contributed by atoms with E-state index in [0.29, 0.717) is 12.3 Å². The van der Waals surface area contributed by atoms with E-state index in [4.69, 9.17) is 0 Å². The summed E-state index contributed by atoms with van der Waals surface area (Å²) >= 11 is 0. The number of rotatable bonds is 0. The van der Waals surface area contributed by atoms with Crippen LogP contribution in [-0.2, 0) is 9.59 Å². The van der Waals surface area contributed by atoms with Gasteiger partial charge in [0.2, 0.25) is 5.91 Å². The molecule has 0 spiro atoms. The van der Waals surface area contributed by atoms with Crippen LogP contribution in [0.3, 0.4) is 0 Å². The molecule has 13 heavy (non-hydrogen) atoms. The van der Waals surface area contributed by atoms with E-state index in [9.17, 15) is 9.59 Å². The molecular weight excluding hydrogens is 166 g/mol. The predicted octanol–water partition coefficient (Wildman–Crippen LogP) is 1.01. The van der Waals surface area contributed by atoms with Crippen molar-refractivity contribution < 1.29 is 9.59 Å². The number of hydrogen-bond acceptors (Lipinski definition) is 2. The van der Waals surface area contributed by atoms with Crippen LogP contribution in [0.4, 0.5) is 0 Å². The minimum absolute atomic E-state index is 0.0209. The fourth-order valence-corrected chi connectivity index (χ4v) is 2.13. The molecule has 0 fully saturated rings. The molecule has 1 amide bonds. The summed E-state index contributed by atoms with van der Waals surface area (Å²) in [6, 6.07) is 0. The van der Waals surface area contributed by atoms with Crippen LogP contribution in [0.5, 0.6) is 0 Å². The van der Waals surface area contributed by atoms with Gasteiger partial charge in [0, 0.05) is 17.7 Å². The third-order valence-electron chi connectivity index (χ3n) is 2.81. The Morgan fingerprint density at radius 2 is 1.92 bits per heavy atom. The summed E-state index contributed by atoms with van der Waals surface area (Å²) in [4.78, 5) is 22.9. The van der Waals surface area contributed by atoms with Gasteiger partial charge in [-0.3, -0.25) is 9.59 Å². The van der Waals surface area contributed by atoms with Gasteiger partial charge in [0.25, 0.3) is 0 Å². The largest absolute Gasteiger partial charge is 0.329 e. The van der Waals surface area contributed by atoms with Crippen LogP contribution >= 0.6 is 0 Å². The Labute approximate surface area is 77.2 Å². The number of ketones is 1. The Balaban J connectivity index is 2.37. The van der Waals surface area contributed by atoms with Gasteiger partial charge >= 0.3 is 0 Å². The number of nitrogens with one attached hydrogen (secondary N) is 1. The van der Waals surface area contributed by atoms with Gasteiger partial charge in [-0.1, -0.05) is 6.92 Å². The fraction of sp³-hybridized carbons (Fsp3) is 0.600. The highest BCUT2D eigenvalue weighted by Crippen LogP contribution is 2.33. The molecule has 1 heterocycles. The summed E-state index contributed by atoms with van der Waals surface area (Å²) in [5, 5.41) is 2.79. The molecule has 1 aliphatic carbocycles. The predicted molar refractivity (Wildman–Crippen MR) is 47.7 cm³/mol. The average Bonchev–Trinajstić information content (AvgIpc) is 2.27. The Morgan fingerprint density at radius 1 is 1.23 bits per heavy atom. The van der Waals surface area contributed by atoms with Gasteiger partial charge < -0.3 is 5.32 Å². The van der Waals surface area contributed by atoms with E-state index < -0.39 is 0 Å². The summed E-state index contributed by atoms with van der Waals surface area (Å²) in [5.41, 5.74) is 1.62. The molecule has 0 saturated carbocycles. The summed E-state index contributed by atoms with van der Waals surface area (Å²) in [5.74, 6) is 0.277. The second-order valence-electron chi connectivity index (χ2n) is 4.04. The maximum absolute atomic E-state index is 11.6. The number of allylic oxidation sites excluding steroid dienone is 1. The first-order valence-electron chi connectivity index (χ1n) is 4.66. The maximum Gasteiger partial charge on any atom is 0.231 e. The van der Waals surface area contributed by atoms with E-state index in [1.807, 2.05) is 6.92 Å². The first-order valence-corrected chi connectivity index (χ1v) is 4.66. The number of carbonyl (C=O) groups excluding carboxylic acids is 2. The van der Waals surface area contributed by atoms with Gasteiger partial charge in [-0.05, 0) is 19.3 Å². The van der Waals surface area contributed by atoms with Crippen LogP contribution < -0.4 is 5.32 Å². The lowest BCUT2D eigenvalue weighted by atomic mass is 9.84. The molecule has 2 aliphatic rings. The van der Waals surface area contributed by atoms with Crippen molar-refractivity contribution in [2.45, 2.75) is 26.7 Å². The van der Waals surface area contributed by atoms with Gasteiger partial charge in [0.05, 0.1) is 5.92 Å². The molecule has 2 rings (SSSR count). The SMILES string of the molecule is CC1CC(=O)C2=C(C1)NC(=O)C2C. The first-order chi connectivity index (χ1) is 6.09. The van der Waals surface area contributed by atoms with E-state index in [0.717, 1.165) is 17.7 Å². The zero-order valence-corrected chi connectivity index (χ0v) is 7.89. The quantitative estimate of drug-likeness (QED) is 0.603. The lowest BCUT2D eigenvalue weighted by Crippen LogP contribution is -2.20. The second kappa shape index (κ2) is 2.69.